The van der Waals surface area contributed by atoms with E-state index in [9.17, 15) is 21.8 Å². The van der Waals surface area contributed by atoms with Gasteiger partial charge in [-0.2, -0.15) is 8.78 Å². The van der Waals surface area contributed by atoms with Crippen LogP contribution in [0.1, 0.15) is 16.7 Å². The molecular weight excluding hydrogens is 509 g/mol. The maximum atomic E-state index is 13.8. The van der Waals surface area contributed by atoms with Crippen molar-refractivity contribution in [2.75, 3.05) is 12.0 Å². The van der Waals surface area contributed by atoms with E-state index in [-0.39, 0.29) is 9.37 Å². The van der Waals surface area contributed by atoms with Crippen molar-refractivity contribution in [1.82, 2.24) is 0 Å². The predicted octanol–water partition coefficient (Wildman–Crippen LogP) is 4.36. The number of hydrogen-bond acceptors (Lipinski definition) is 4. The Morgan fingerprint density at radius 3 is 2.48 bits per heavy atom. The second kappa shape index (κ2) is 9.29. The van der Waals surface area contributed by atoms with E-state index in [1.807, 2.05) is 0 Å². The van der Waals surface area contributed by atoms with Gasteiger partial charge in [-0.1, -0.05) is 46.0 Å². The maximum Gasteiger partial charge on any atom is 0.399 e. The van der Waals surface area contributed by atoms with E-state index < -0.39 is 28.7 Å². The third-order valence-corrected chi connectivity index (χ3v) is 7.29. The summed E-state index contributed by atoms with van der Waals surface area (Å²) in [5.74, 6) is 6.63. The summed E-state index contributed by atoms with van der Waals surface area (Å²) in [4.78, 5) is 17.9. The van der Waals surface area contributed by atoms with Crippen molar-refractivity contribution in [2.24, 2.45) is 0 Å². The van der Waals surface area contributed by atoms with Crippen LogP contribution in [-0.4, -0.2) is 30.2 Å². The molecule has 0 aliphatic heterocycles. The highest BCUT2D eigenvalue weighted by Crippen LogP contribution is 2.60. The second-order valence-electron chi connectivity index (χ2n) is 5.99. The largest absolute Gasteiger partial charge is 0.399 e. The molecule has 0 aromatic heterocycles. The van der Waals surface area contributed by atoms with Gasteiger partial charge >= 0.3 is 13.3 Å². The Morgan fingerprint density at radius 2 is 1.90 bits per heavy atom. The zero-order valence-corrected chi connectivity index (χ0v) is 19.1. The van der Waals surface area contributed by atoms with Crippen LogP contribution in [-0.2, 0) is 25.8 Å². The Labute approximate surface area is 180 Å². The number of sulfone groups is 1. The Morgan fingerprint density at radius 1 is 1.21 bits per heavy atom. The molecule has 0 fully saturated rings. The number of halogens is 3. The summed E-state index contributed by atoms with van der Waals surface area (Å²) < 4.78 is 61.6. The number of thioether (sulfide) groups is 1. The lowest BCUT2D eigenvalue weighted by atomic mass is 10.1. The first kappa shape index (κ1) is 24.1. The van der Waals surface area contributed by atoms with Crippen molar-refractivity contribution in [3.05, 3.63) is 63.6 Å². The van der Waals surface area contributed by atoms with Gasteiger partial charge in [-0.25, -0.2) is 8.42 Å². The van der Waals surface area contributed by atoms with Gasteiger partial charge in [0.15, 0.2) is 9.84 Å². The van der Waals surface area contributed by atoms with Crippen LogP contribution in [0.2, 0.25) is 0 Å². The van der Waals surface area contributed by atoms with Gasteiger partial charge in [0, 0.05) is 27.6 Å². The van der Waals surface area contributed by atoms with E-state index in [4.69, 9.17) is 9.79 Å². The van der Waals surface area contributed by atoms with Crippen molar-refractivity contribution >= 4 is 45.1 Å². The summed E-state index contributed by atoms with van der Waals surface area (Å²) in [6.45, 7) is 0. The molecule has 0 aliphatic carbocycles. The van der Waals surface area contributed by atoms with Crippen molar-refractivity contribution in [3.8, 4) is 11.8 Å². The standard InChI is InChI=1S/C18H16BrF2O5PS2/c1-29(25,26)15-6-2-4-13(10-15)5-3-9-28-12-14-7-8-16(17(19)11-14)18(20,21)27(22,23)24/h2,4,6-8,10-11H,9,12H2,1H3,(H2,22,23,24). The van der Waals surface area contributed by atoms with Crippen LogP contribution < -0.4 is 0 Å². The quantitative estimate of drug-likeness (QED) is 0.331. The first-order valence-electron chi connectivity index (χ1n) is 7.91. The lowest BCUT2D eigenvalue weighted by Crippen LogP contribution is -2.14. The van der Waals surface area contributed by atoms with E-state index in [1.165, 1.54) is 36.0 Å². The van der Waals surface area contributed by atoms with Crippen LogP contribution >= 0.6 is 35.3 Å². The average Bonchev–Trinajstić information content (AvgIpc) is 2.60. The van der Waals surface area contributed by atoms with Crippen molar-refractivity contribution in [1.29, 1.82) is 0 Å². The lowest BCUT2D eigenvalue weighted by molar-refractivity contribution is 0.0557. The molecule has 5 nitrogen and oxygen atoms in total. The fourth-order valence-electron chi connectivity index (χ4n) is 2.21. The fraction of sp³-hybridized carbons (Fsp3) is 0.222. The number of alkyl halides is 2. The van der Waals surface area contributed by atoms with Crippen molar-refractivity contribution in [3.63, 3.8) is 0 Å². The zero-order chi connectivity index (χ0) is 21.9. The Kier molecular flexibility index (Phi) is 7.71. The van der Waals surface area contributed by atoms with E-state index in [1.54, 1.807) is 12.1 Å². The molecule has 2 aromatic rings. The average molecular weight is 525 g/mol. The van der Waals surface area contributed by atoms with Gasteiger partial charge in [0.2, 0.25) is 0 Å². The molecule has 0 heterocycles. The van der Waals surface area contributed by atoms with Crippen LogP contribution in [0.5, 0.6) is 0 Å². The number of hydrogen-bond donors (Lipinski definition) is 2. The molecule has 0 saturated heterocycles. The molecule has 2 N–H and O–H groups in total. The van der Waals surface area contributed by atoms with Gasteiger partial charge in [0.25, 0.3) is 0 Å². The lowest BCUT2D eigenvalue weighted by Gasteiger charge is -2.19. The van der Waals surface area contributed by atoms with Gasteiger partial charge in [-0.05, 0) is 29.8 Å². The molecular formula is C18H16BrF2O5PS2. The minimum atomic E-state index is -5.63. The van der Waals surface area contributed by atoms with E-state index in [0.29, 0.717) is 22.6 Å². The predicted molar refractivity (Wildman–Crippen MR) is 113 cm³/mol. The zero-order valence-electron chi connectivity index (χ0n) is 15.0. The molecule has 29 heavy (non-hydrogen) atoms. The van der Waals surface area contributed by atoms with Crippen LogP contribution in [0.25, 0.3) is 0 Å². The molecule has 0 saturated carbocycles. The highest BCUT2D eigenvalue weighted by atomic mass is 79.9. The highest BCUT2D eigenvalue weighted by Gasteiger charge is 2.51. The van der Waals surface area contributed by atoms with E-state index in [2.05, 4.69) is 27.8 Å². The van der Waals surface area contributed by atoms with Crippen molar-refractivity contribution in [2.45, 2.75) is 16.3 Å². The SMILES string of the molecule is CS(=O)(=O)c1cccc(C#CCSCc2ccc(C(F)(F)P(=O)(O)O)c(Br)c2)c1. The minimum Gasteiger partial charge on any atom is -0.320 e. The van der Waals surface area contributed by atoms with Crippen LogP contribution in [0.3, 0.4) is 0 Å². The van der Waals surface area contributed by atoms with Gasteiger partial charge < -0.3 is 9.79 Å². The Hall–Kier alpha value is -1.21. The fourth-order valence-corrected chi connectivity index (χ4v) is 4.91. The second-order valence-corrected chi connectivity index (χ2v) is 11.5. The van der Waals surface area contributed by atoms with Gasteiger partial charge in [0.1, 0.15) is 0 Å². The minimum absolute atomic E-state index is 0.0902. The molecule has 0 atom stereocenters. The number of benzene rings is 2. The topological polar surface area (TPSA) is 91.7 Å². The summed E-state index contributed by atoms with van der Waals surface area (Å²) in [7, 11) is -8.93. The smallest absolute Gasteiger partial charge is 0.320 e. The molecule has 0 spiro atoms. The number of rotatable bonds is 6. The summed E-state index contributed by atoms with van der Waals surface area (Å²) in [5.41, 5.74) is -3.80. The third kappa shape index (κ3) is 6.38. The van der Waals surface area contributed by atoms with Crippen LogP contribution in [0.15, 0.2) is 51.8 Å². The van der Waals surface area contributed by atoms with Gasteiger partial charge in [0.05, 0.1) is 10.6 Å². The van der Waals surface area contributed by atoms with E-state index in [0.717, 1.165) is 12.3 Å². The van der Waals surface area contributed by atoms with Crippen LogP contribution in [0, 0.1) is 11.8 Å². The van der Waals surface area contributed by atoms with Gasteiger partial charge in [-0.15, -0.1) is 11.8 Å². The first-order chi connectivity index (χ1) is 13.3. The molecule has 0 amide bonds. The molecule has 0 bridgehead atoms. The first-order valence-corrected chi connectivity index (χ1v) is 13.4. The molecule has 0 aliphatic rings. The Bertz CT molecular complexity index is 1120. The molecule has 2 aromatic carbocycles. The maximum absolute atomic E-state index is 13.8. The summed E-state index contributed by atoms with van der Waals surface area (Å²) in [5, 5.41) is 0. The van der Waals surface area contributed by atoms with Crippen LogP contribution in [0.4, 0.5) is 8.78 Å². The molecule has 156 valence electrons. The normalized spacial score (nSPS) is 12.3. The molecule has 0 radical (unpaired) electrons. The molecule has 2 rings (SSSR count). The summed E-state index contributed by atoms with van der Waals surface area (Å²) in [6, 6.07) is 10.0. The summed E-state index contributed by atoms with van der Waals surface area (Å²) in [6.07, 6.45) is 1.12. The highest BCUT2D eigenvalue weighted by molar-refractivity contribution is 9.10. The van der Waals surface area contributed by atoms with E-state index >= 15 is 0 Å². The summed E-state index contributed by atoms with van der Waals surface area (Å²) >= 11 is 4.35. The molecule has 0 unspecified atom stereocenters. The van der Waals surface area contributed by atoms with Gasteiger partial charge in [-0.3, -0.25) is 4.57 Å². The molecule has 11 heteroatoms. The third-order valence-electron chi connectivity index (χ3n) is 3.66. The monoisotopic (exact) mass is 524 g/mol. The Balaban J connectivity index is 2.00. The van der Waals surface area contributed by atoms with Crippen molar-refractivity contribution < 1.29 is 31.6 Å².